The summed E-state index contributed by atoms with van der Waals surface area (Å²) in [6.45, 7) is 5.71. The maximum atomic E-state index is 4.52. The van der Waals surface area contributed by atoms with Crippen molar-refractivity contribution in [3.8, 4) is 0 Å². The van der Waals surface area contributed by atoms with Crippen LogP contribution in [0, 0.1) is 6.92 Å². The van der Waals surface area contributed by atoms with Crippen molar-refractivity contribution in [2.24, 2.45) is 0 Å². The van der Waals surface area contributed by atoms with Crippen LogP contribution in [0.15, 0.2) is 29.0 Å². The molecule has 0 aliphatic rings. The molecule has 0 bridgehead atoms. The third-order valence-corrected chi connectivity index (χ3v) is 3.75. The van der Waals surface area contributed by atoms with Gasteiger partial charge in [-0.2, -0.15) is 0 Å². The van der Waals surface area contributed by atoms with Crippen molar-refractivity contribution < 1.29 is 0 Å². The molecule has 2 aromatic rings. The average Bonchev–Trinajstić information content (AvgIpc) is 2.46. The van der Waals surface area contributed by atoms with Gasteiger partial charge in [0.05, 0.1) is 12.2 Å². The minimum atomic E-state index is 0.699. The highest BCUT2D eigenvalue weighted by atomic mass is 79.9. The van der Waals surface area contributed by atoms with Crippen molar-refractivity contribution in [2.45, 2.75) is 26.8 Å². The summed E-state index contributed by atoms with van der Waals surface area (Å²) in [5.74, 6) is 1.68. The Labute approximate surface area is 134 Å². The molecule has 1 N–H and O–H groups in total. The molecule has 0 amide bonds. The topological polar surface area (TPSA) is 53.9 Å². The molecule has 0 unspecified atom stereocenters. The van der Waals surface area contributed by atoms with Gasteiger partial charge in [0.15, 0.2) is 0 Å². The van der Waals surface area contributed by atoms with Crippen LogP contribution in [-0.4, -0.2) is 28.5 Å². The Morgan fingerprint density at radius 1 is 1.29 bits per heavy atom. The number of nitrogens with one attached hydrogen (secondary N) is 1. The van der Waals surface area contributed by atoms with Gasteiger partial charge in [-0.05, 0) is 41.4 Å². The second-order valence-electron chi connectivity index (χ2n) is 4.91. The summed E-state index contributed by atoms with van der Waals surface area (Å²) >= 11 is 3.59. The number of aromatic nitrogens is 3. The number of pyridine rings is 1. The van der Waals surface area contributed by atoms with Crippen LogP contribution < -0.4 is 10.2 Å². The fourth-order valence-electron chi connectivity index (χ4n) is 2.00. The van der Waals surface area contributed by atoms with Gasteiger partial charge in [0.1, 0.15) is 22.4 Å². The van der Waals surface area contributed by atoms with Gasteiger partial charge in [-0.15, -0.1) is 0 Å². The number of hydrogen-bond donors (Lipinski definition) is 1. The van der Waals surface area contributed by atoms with E-state index >= 15 is 0 Å². The van der Waals surface area contributed by atoms with E-state index in [1.54, 1.807) is 6.33 Å². The first-order valence-corrected chi connectivity index (χ1v) is 7.79. The summed E-state index contributed by atoms with van der Waals surface area (Å²) < 4.78 is 0.883. The number of rotatable bonds is 6. The van der Waals surface area contributed by atoms with Gasteiger partial charge in [-0.25, -0.2) is 9.97 Å². The fourth-order valence-corrected chi connectivity index (χ4v) is 2.65. The summed E-state index contributed by atoms with van der Waals surface area (Å²) in [6.07, 6.45) is 2.63. The first-order chi connectivity index (χ1) is 10.1. The zero-order valence-corrected chi connectivity index (χ0v) is 14.2. The minimum Gasteiger partial charge on any atom is -0.369 e. The Hall–Kier alpha value is -1.69. The standard InChI is InChI=1S/C15H20BrN5/c1-4-8-17-14-13(16)15(19-10-18-14)21(3)9-12-7-5-6-11(2)20-12/h5-7,10H,4,8-9H2,1-3H3,(H,17,18,19). The second kappa shape index (κ2) is 7.36. The summed E-state index contributed by atoms with van der Waals surface area (Å²) in [5.41, 5.74) is 2.04. The van der Waals surface area contributed by atoms with Crippen LogP contribution in [0.2, 0.25) is 0 Å². The maximum Gasteiger partial charge on any atom is 0.148 e. The van der Waals surface area contributed by atoms with Crippen LogP contribution in [-0.2, 0) is 6.54 Å². The lowest BCUT2D eigenvalue weighted by Gasteiger charge is -2.20. The van der Waals surface area contributed by atoms with Crippen molar-refractivity contribution >= 4 is 27.6 Å². The third kappa shape index (κ3) is 4.14. The second-order valence-corrected chi connectivity index (χ2v) is 5.71. The normalized spacial score (nSPS) is 10.5. The lowest BCUT2D eigenvalue weighted by atomic mass is 10.3. The predicted molar refractivity (Wildman–Crippen MR) is 89.6 cm³/mol. The Bertz CT molecular complexity index is 602. The average molecular weight is 350 g/mol. The van der Waals surface area contributed by atoms with Gasteiger partial charge in [-0.3, -0.25) is 4.98 Å². The van der Waals surface area contributed by atoms with Crippen LogP contribution in [0.3, 0.4) is 0 Å². The summed E-state index contributed by atoms with van der Waals surface area (Å²) in [5, 5.41) is 3.29. The van der Waals surface area contributed by atoms with E-state index in [4.69, 9.17) is 0 Å². The summed E-state index contributed by atoms with van der Waals surface area (Å²) in [4.78, 5) is 15.2. The molecular weight excluding hydrogens is 330 g/mol. The fraction of sp³-hybridized carbons (Fsp3) is 0.400. The van der Waals surface area contributed by atoms with E-state index in [2.05, 4.69) is 48.0 Å². The molecule has 0 atom stereocenters. The van der Waals surface area contributed by atoms with E-state index in [0.717, 1.165) is 40.5 Å². The monoisotopic (exact) mass is 349 g/mol. The maximum absolute atomic E-state index is 4.52. The van der Waals surface area contributed by atoms with Crippen molar-refractivity contribution in [3.05, 3.63) is 40.4 Å². The van der Waals surface area contributed by atoms with Crippen LogP contribution in [0.4, 0.5) is 11.6 Å². The Balaban J connectivity index is 2.17. The first-order valence-electron chi connectivity index (χ1n) is 7.00. The molecule has 0 saturated heterocycles. The summed E-state index contributed by atoms with van der Waals surface area (Å²) in [6, 6.07) is 6.04. The molecule has 0 aliphatic carbocycles. The molecule has 0 radical (unpaired) electrons. The zero-order valence-electron chi connectivity index (χ0n) is 12.6. The van der Waals surface area contributed by atoms with Gasteiger partial charge >= 0.3 is 0 Å². The highest BCUT2D eigenvalue weighted by Crippen LogP contribution is 2.29. The SMILES string of the molecule is CCCNc1ncnc(N(C)Cc2cccc(C)n2)c1Br. The van der Waals surface area contributed by atoms with Crippen LogP contribution >= 0.6 is 15.9 Å². The molecule has 0 aromatic carbocycles. The molecule has 21 heavy (non-hydrogen) atoms. The van der Waals surface area contributed by atoms with E-state index in [1.807, 2.05) is 32.2 Å². The van der Waals surface area contributed by atoms with E-state index in [1.165, 1.54) is 0 Å². The molecule has 2 heterocycles. The number of nitrogens with zero attached hydrogens (tertiary/aromatic N) is 4. The lowest BCUT2D eigenvalue weighted by molar-refractivity contribution is 0.850. The van der Waals surface area contributed by atoms with Crippen molar-refractivity contribution in [1.29, 1.82) is 0 Å². The molecular formula is C15H20BrN5. The highest BCUT2D eigenvalue weighted by molar-refractivity contribution is 9.10. The van der Waals surface area contributed by atoms with E-state index in [-0.39, 0.29) is 0 Å². The molecule has 2 aromatic heterocycles. The smallest absolute Gasteiger partial charge is 0.148 e. The van der Waals surface area contributed by atoms with Crippen LogP contribution in [0.25, 0.3) is 0 Å². The zero-order chi connectivity index (χ0) is 15.2. The van der Waals surface area contributed by atoms with Crippen molar-refractivity contribution in [2.75, 3.05) is 23.8 Å². The minimum absolute atomic E-state index is 0.699. The van der Waals surface area contributed by atoms with Gasteiger partial charge in [0.25, 0.3) is 0 Å². The molecule has 0 spiro atoms. The Morgan fingerprint density at radius 2 is 2.10 bits per heavy atom. The Morgan fingerprint density at radius 3 is 2.81 bits per heavy atom. The highest BCUT2D eigenvalue weighted by Gasteiger charge is 2.13. The van der Waals surface area contributed by atoms with Gasteiger partial charge in [0, 0.05) is 19.3 Å². The van der Waals surface area contributed by atoms with E-state index in [0.29, 0.717) is 6.54 Å². The molecule has 0 fully saturated rings. The van der Waals surface area contributed by atoms with Crippen molar-refractivity contribution in [3.63, 3.8) is 0 Å². The molecule has 6 heteroatoms. The lowest BCUT2D eigenvalue weighted by Crippen LogP contribution is -2.20. The van der Waals surface area contributed by atoms with Gasteiger partial charge in [-0.1, -0.05) is 13.0 Å². The van der Waals surface area contributed by atoms with E-state index in [9.17, 15) is 0 Å². The Kier molecular flexibility index (Phi) is 5.50. The van der Waals surface area contributed by atoms with Crippen LogP contribution in [0.5, 0.6) is 0 Å². The number of aryl methyl sites for hydroxylation is 1. The number of hydrogen-bond acceptors (Lipinski definition) is 5. The molecule has 0 saturated carbocycles. The third-order valence-electron chi connectivity index (χ3n) is 3.02. The largest absolute Gasteiger partial charge is 0.369 e. The molecule has 5 nitrogen and oxygen atoms in total. The molecule has 0 aliphatic heterocycles. The quantitative estimate of drug-likeness (QED) is 0.865. The van der Waals surface area contributed by atoms with Gasteiger partial charge < -0.3 is 10.2 Å². The molecule has 112 valence electrons. The van der Waals surface area contributed by atoms with E-state index < -0.39 is 0 Å². The van der Waals surface area contributed by atoms with Crippen molar-refractivity contribution in [1.82, 2.24) is 15.0 Å². The first kappa shape index (κ1) is 15.7. The number of anilines is 2. The van der Waals surface area contributed by atoms with Gasteiger partial charge in [0.2, 0.25) is 0 Å². The molecule has 2 rings (SSSR count). The number of halogens is 1. The predicted octanol–water partition coefficient (Wildman–Crippen LogP) is 3.40. The van der Waals surface area contributed by atoms with Crippen LogP contribution in [0.1, 0.15) is 24.7 Å². The summed E-state index contributed by atoms with van der Waals surface area (Å²) in [7, 11) is 2.00.